The number of anilines is 1. The molecule has 1 aromatic heterocycles. The van der Waals surface area contributed by atoms with Crippen LogP contribution in [0.25, 0.3) is 10.9 Å². The summed E-state index contributed by atoms with van der Waals surface area (Å²) >= 11 is 5.81. The van der Waals surface area contributed by atoms with Crippen LogP contribution in [0.4, 0.5) is 10.1 Å². The van der Waals surface area contributed by atoms with Crippen molar-refractivity contribution in [3.8, 4) is 0 Å². The van der Waals surface area contributed by atoms with E-state index in [-0.39, 0.29) is 65.6 Å². The Morgan fingerprint density at radius 3 is 2.67 bits per heavy atom. The van der Waals surface area contributed by atoms with Crippen LogP contribution in [-0.2, 0) is 27.5 Å². The first-order valence-electron chi connectivity index (χ1n) is 13.3. The van der Waals surface area contributed by atoms with Crippen LogP contribution in [-0.4, -0.2) is 63.4 Å². The van der Waals surface area contributed by atoms with Crippen LogP contribution in [0, 0.1) is 5.82 Å². The van der Waals surface area contributed by atoms with Crippen LogP contribution < -0.4 is 16.0 Å². The van der Waals surface area contributed by atoms with Crippen molar-refractivity contribution >= 4 is 51.7 Å². The maximum absolute atomic E-state index is 14.2. The molecule has 1 saturated carbocycles. The van der Waals surface area contributed by atoms with Crippen molar-refractivity contribution in [3.63, 3.8) is 0 Å². The van der Waals surface area contributed by atoms with E-state index < -0.39 is 11.7 Å². The average Bonchev–Trinajstić information content (AvgIpc) is 3.48. The molecule has 0 bridgehead atoms. The zero-order valence-electron chi connectivity index (χ0n) is 22.0. The van der Waals surface area contributed by atoms with Gasteiger partial charge in [0.25, 0.3) is 0 Å². The highest BCUT2D eigenvalue weighted by Gasteiger charge is 2.34. The first-order valence-corrected chi connectivity index (χ1v) is 13.6. The Morgan fingerprint density at radius 2 is 1.98 bits per heavy atom. The lowest BCUT2D eigenvalue weighted by atomic mass is 10.1. The molecule has 2 aromatic carbocycles. The molecule has 1 atom stereocenters. The van der Waals surface area contributed by atoms with E-state index >= 15 is 0 Å². The third-order valence-electron chi connectivity index (χ3n) is 7.14. The summed E-state index contributed by atoms with van der Waals surface area (Å²) in [5.41, 5.74) is 1.54. The molecule has 0 spiro atoms. The highest BCUT2D eigenvalue weighted by Crippen LogP contribution is 2.28. The topological polar surface area (TPSA) is 125 Å². The summed E-state index contributed by atoms with van der Waals surface area (Å²) in [6.07, 6.45) is 3.25. The van der Waals surface area contributed by atoms with Crippen LogP contribution in [0.15, 0.2) is 36.4 Å². The molecule has 3 amide bonds. The molecule has 2 heterocycles. The number of nitrogens with zero attached hydrogens (tertiary/aromatic N) is 3. The molecule has 3 N–H and O–H groups in total. The second-order valence-electron chi connectivity index (χ2n) is 10.2. The molecule has 10 nitrogen and oxygen atoms in total. The Labute approximate surface area is 235 Å². The summed E-state index contributed by atoms with van der Waals surface area (Å²) in [4.78, 5) is 52.4. The number of halogens is 2. The van der Waals surface area contributed by atoms with E-state index in [0.29, 0.717) is 16.6 Å². The second-order valence-corrected chi connectivity index (χ2v) is 10.6. The SMILES string of the molecule is CC(=O)c1nn(CC(=O)N(CC(=O)NCc2cccc(Cl)c2F)C2CC2)c2ccc(NC(=O)C3CCCN3)cc12. The Kier molecular flexibility index (Phi) is 8.13. The summed E-state index contributed by atoms with van der Waals surface area (Å²) in [5, 5.41) is 13.6. The van der Waals surface area contributed by atoms with Crippen molar-refractivity contribution in [1.82, 2.24) is 25.3 Å². The first-order chi connectivity index (χ1) is 19.2. The standard InChI is InChI=1S/C28H30ClFN6O4/c1-16(37)27-20-12-18(33-28(40)22-6-3-11-31-22)7-10-23(20)36(34-27)15-25(39)35(19-8-9-19)14-24(38)32-13-17-4-2-5-21(29)26(17)30/h2,4-5,7,10,12,19,22,31H,3,6,8-9,11,13-15H2,1H3,(H,32,38)(H,33,40). The van der Waals surface area contributed by atoms with Crippen LogP contribution in [0.2, 0.25) is 5.02 Å². The normalized spacial score (nSPS) is 16.6. The van der Waals surface area contributed by atoms with Crippen molar-refractivity contribution in [1.29, 1.82) is 0 Å². The number of Topliss-reactive ketones (excluding diaryl/α,β-unsaturated/α-hetero) is 1. The van der Waals surface area contributed by atoms with E-state index in [1.807, 2.05) is 0 Å². The highest BCUT2D eigenvalue weighted by molar-refractivity contribution is 6.30. The van der Waals surface area contributed by atoms with Crippen LogP contribution in [0.1, 0.15) is 48.7 Å². The van der Waals surface area contributed by atoms with Gasteiger partial charge in [-0.2, -0.15) is 5.10 Å². The maximum atomic E-state index is 14.2. The number of ketones is 1. The average molecular weight is 569 g/mol. The van der Waals surface area contributed by atoms with Gasteiger partial charge in [-0.15, -0.1) is 0 Å². The molecular weight excluding hydrogens is 539 g/mol. The minimum Gasteiger partial charge on any atom is -0.350 e. The molecule has 12 heteroatoms. The van der Waals surface area contributed by atoms with Crippen molar-refractivity contribution in [2.45, 2.75) is 57.8 Å². The van der Waals surface area contributed by atoms with Crippen molar-refractivity contribution < 1.29 is 23.6 Å². The smallest absolute Gasteiger partial charge is 0.245 e. The molecule has 1 saturated heterocycles. The van der Waals surface area contributed by atoms with Gasteiger partial charge in [-0.25, -0.2) is 4.39 Å². The van der Waals surface area contributed by atoms with Gasteiger partial charge in [-0.3, -0.25) is 23.9 Å². The summed E-state index contributed by atoms with van der Waals surface area (Å²) in [6.45, 7) is 1.78. The quantitative estimate of drug-likeness (QED) is 0.323. The Hall–Kier alpha value is -3.83. The zero-order chi connectivity index (χ0) is 28.4. The molecule has 5 rings (SSSR count). The Bertz CT molecular complexity index is 1480. The lowest BCUT2D eigenvalue weighted by Crippen LogP contribution is -2.43. The highest BCUT2D eigenvalue weighted by atomic mass is 35.5. The zero-order valence-corrected chi connectivity index (χ0v) is 22.8. The van der Waals surface area contributed by atoms with Gasteiger partial charge in [0.05, 0.1) is 23.1 Å². The Morgan fingerprint density at radius 1 is 1.18 bits per heavy atom. The predicted octanol–water partition coefficient (Wildman–Crippen LogP) is 3.03. The summed E-state index contributed by atoms with van der Waals surface area (Å²) in [7, 11) is 0. The van der Waals surface area contributed by atoms with E-state index in [1.165, 1.54) is 28.6 Å². The summed E-state index contributed by atoms with van der Waals surface area (Å²) in [5.74, 6) is -1.75. The number of aromatic nitrogens is 2. The second kappa shape index (κ2) is 11.7. The minimum atomic E-state index is -0.593. The van der Waals surface area contributed by atoms with Crippen LogP contribution in [0.3, 0.4) is 0 Å². The number of nitrogens with one attached hydrogen (secondary N) is 3. The Balaban J connectivity index is 1.29. The van der Waals surface area contributed by atoms with E-state index in [1.54, 1.807) is 24.3 Å². The fraction of sp³-hybridized carbons (Fsp3) is 0.393. The number of fused-ring (bicyclic) bond motifs is 1. The van der Waals surface area contributed by atoms with Gasteiger partial charge in [0.1, 0.15) is 18.1 Å². The number of hydrogen-bond donors (Lipinski definition) is 3. The van der Waals surface area contributed by atoms with Crippen LogP contribution in [0.5, 0.6) is 0 Å². The monoisotopic (exact) mass is 568 g/mol. The fourth-order valence-electron chi connectivity index (χ4n) is 4.89. The number of carbonyl (C=O) groups is 4. The van der Waals surface area contributed by atoms with Gasteiger partial charge in [0, 0.05) is 36.1 Å². The molecule has 40 heavy (non-hydrogen) atoms. The molecule has 1 aliphatic heterocycles. The maximum Gasteiger partial charge on any atom is 0.245 e. The molecule has 1 unspecified atom stereocenters. The van der Waals surface area contributed by atoms with E-state index in [2.05, 4.69) is 21.0 Å². The number of rotatable bonds is 10. The van der Waals surface area contributed by atoms with Gasteiger partial charge >= 0.3 is 0 Å². The number of benzene rings is 2. The largest absolute Gasteiger partial charge is 0.350 e. The van der Waals surface area contributed by atoms with E-state index in [0.717, 1.165) is 32.2 Å². The number of carbonyl (C=O) groups excluding carboxylic acids is 4. The van der Waals surface area contributed by atoms with Crippen molar-refractivity contribution in [2.75, 3.05) is 18.4 Å². The number of hydrogen-bond acceptors (Lipinski definition) is 6. The molecule has 1 aliphatic carbocycles. The molecular formula is C28H30ClFN6O4. The van der Waals surface area contributed by atoms with Gasteiger partial charge in [0.2, 0.25) is 17.7 Å². The van der Waals surface area contributed by atoms with Gasteiger partial charge in [-0.05, 0) is 56.5 Å². The molecule has 2 fully saturated rings. The van der Waals surface area contributed by atoms with E-state index in [4.69, 9.17) is 11.6 Å². The van der Waals surface area contributed by atoms with Crippen LogP contribution >= 0.6 is 11.6 Å². The first kappa shape index (κ1) is 27.7. The minimum absolute atomic E-state index is 0.0294. The predicted molar refractivity (Wildman–Crippen MR) is 147 cm³/mol. The van der Waals surface area contributed by atoms with Gasteiger partial charge < -0.3 is 20.9 Å². The molecule has 2 aliphatic rings. The van der Waals surface area contributed by atoms with E-state index in [9.17, 15) is 23.6 Å². The molecule has 3 aromatic rings. The molecule has 210 valence electrons. The lowest BCUT2D eigenvalue weighted by molar-refractivity contribution is -0.137. The summed E-state index contributed by atoms with van der Waals surface area (Å²) < 4.78 is 15.6. The molecule has 0 radical (unpaired) electrons. The number of amides is 3. The third kappa shape index (κ3) is 6.15. The van der Waals surface area contributed by atoms with Crippen molar-refractivity contribution in [2.24, 2.45) is 0 Å². The lowest BCUT2D eigenvalue weighted by Gasteiger charge is -2.22. The van der Waals surface area contributed by atoms with Gasteiger partial charge in [0.15, 0.2) is 5.78 Å². The fourth-order valence-corrected chi connectivity index (χ4v) is 5.08. The third-order valence-corrected chi connectivity index (χ3v) is 7.43. The summed E-state index contributed by atoms with van der Waals surface area (Å²) in [6, 6.07) is 9.35. The van der Waals surface area contributed by atoms with Crippen molar-refractivity contribution in [3.05, 3.63) is 58.5 Å². The van der Waals surface area contributed by atoms with Gasteiger partial charge in [-0.1, -0.05) is 23.7 Å².